The van der Waals surface area contributed by atoms with Crippen LogP contribution >= 0.6 is 11.8 Å². The lowest BCUT2D eigenvalue weighted by Gasteiger charge is -2.18. The van der Waals surface area contributed by atoms with Gasteiger partial charge in [-0.05, 0) is 37.2 Å². The standard InChI is InChI=1S/C8H16N4S/c9-11-10-3-1-4-12-5-2-7-13-8-6-12/h1-8H2. The normalized spacial score (nSPS) is 19.1. The van der Waals surface area contributed by atoms with Crippen LogP contribution in [0, 0.1) is 0 Å². The highest BCUT2D eigenvalue weighted by Crippen LogP contribution is 2.09. The Hall–Kier alpha value is -0.380. The molecule has 1 heterocycles. The summed E-state index contributed by atoms with van der Waals surface area (Å²) in [5, 5.41) is 3.53. The summed E-state index contributed by atoms with van der Waals surface area (Å²) in [4.78, 5) is 5.20. The van der Waals surface area contributed by atoms with Gasteiger partial charge in [-0.1, -0.05) is 5.11 Å². The molecule has 0 aromatic heterocycles. The van der Waals surface area contributed by atoms with Crippen LogP contribution in [-0.4, -0.2) is 42.6 Å². The summed E-state index contributed by atoms with van der Waals surface area (Å²) in [7, 11) is 0. The van der Waals surface area contributed by atoms with E-state index >= 15 is 0 Å². The van der Waals surface area contributed by atoms with Gasteiger partial charge in [-0.15, -0.1) is 0 Å². The number of rotatable bonds is 4. The van der Waals surface area contributed by atoms with Crippen molar-refractivity contribution in [2.75, 3.05) is 37.7 Å². The van der Waals surface area contributed by atoms with E-state index in [1.165, 1.54) is 31.0 Å². The van der Waals surface area contributed by atoms with Crippen LogP contribution in [0.4, 0.5) is 0 Å². The predicted octanol–water partition coefficient (Wildman–Crippen LogP) is 2.13. The molecule has 0 spiro atoms. The smallest absolute Gasteiger partial charge is 0.0270 e. The Bertz CT molecular complexity index is 171. The molecule has 0 aliphatic carbocycles. The average molecular weight is 200 g/mol. The van der Waals surface area contributed by atoms with Gasteiger partial charge in [0.15, 0.2) is 0 Å². The van der Waals surface area contributed by atoms with E-state index in [2.05, 4.69) is 14.9 Å². The van der Waals surface area contributed by atoms with Gasteiger partial charge in [0, 0.05) is 23.8 Å². The summed E-state index contributed by atoms with van der Waals surface area (Å²) in [6.45, 7) is 4.13. The molecule has 0 bridgehead atoms. The van der Waals surface area contributed by atoms with Crippen molar-refractivity contribution in [3.63, 3.8) is 0 Å². The van der Waals surface area contributed by atoms with Crippen molar-refractivity contribution < 1.29 is 0 Å². The topological polar surface area (TPSA) is 52.0 Å². The summed E-state index contributed by atoms with van der Waals surface area (Å²) in [6.07, 6.45) is 2.29. The van der Waals surface area contributed by atoms with Crippen LogP contribution in [-0.2, 0) is 0 Å². The lowest BCUT2D eigenvalue weighted by atomic mass is 10.3. The molecule has 1 aliphatic rings. The molecular formula is C8H16N4S. The van der Waals surface area contributed by atoms with Crippen LogP contribution < -0.4 is 0 Å². The Morgan fingerprint density at radius 1 is 1.38 bits per heavy atom. The third kappa shape index (κ3) is 5.03. The summed E-state index contributed by atoms with van der Waals surface area (Å²) in [5.41, 5.74) is 8.09. The van der Waals surface area contributed by atoms with E-state index in [4.69, 9.17) is 5.53 Å². The molecule has 1 fully saturated rings. The van der Waals surface area contributed by atoms with E-state index in [0.717, 1.165) is 13.0 Å². The zero-order chi connectivity index (χ0) is 9.36. The maximum absolute atomic E-state index is 8.09. The molecule has 4 nitrogen and oxygen atoms in total. The molecule has 0 aromatic carbocycles. The van der Waals surface area contributed by atoms with E-state index in [1.54, 1.807) is 0 Å². The molecule has 0 unspecified atom stereocenters. The van der Waals surface area contributed by atoms with E-state index in [9.17, 15) is 0 Å². The second-order valence-corrected chi connectivity index (χ2v) is 4.34. The molecule has 74 valence electrons. The first-order chi connectivity index (χ1) is 6.43. The summed E-state index contributed by atoms with van der Waals surface area (Å²) < 4.78 is 0. The van der Waals surface area contributed by atoms with Gasteiger partial charge in [0.2, 0.25) is 0 Å². The molecular weight excluding hydrogens is 184 g/mol. The van der Waals surface area contributed by atoms with Gasteiger partial charge < -0.3 is 4.90 Å². The number of thioether (sulfide) groups is 1. The zero-order valence-corrected chi connectivity index (χ0v) is 8.67. The summed E-state index contributed by atoms with van der Waals surface area (Å²) in [6, 6.07) is 0. The fraction of sp³-hybridized carbons (Fsp3) is 1.00. The molecule has 5 heteroatoms. The fourth-order valence-corrected chi connectivity index (χ4v) is 2.36. The quantitative estimate of drug-likeness (QED) is 0.302. The van der Waals surface area contributed by atoms with Crippen molar-refractivity contribution in [3.8, 4) is 0 Å². The van der Waals surface area contributed by atoms with Gasteiger partial charge in [0.25, 0.3) is 0 Å². The highest BCUT2D eigenvalue weighted by molar-refractivity contribution is 7.99. The number of hydrogen-bond acceptors (Lipinski definition) is 3. The molecule has 1 saturated heterocycles. The minimum Gasteiger partial charge on any atom is -0.302 e. The zero-order valence-electron chi connectivity index (χ0n) is 7.85. The maximum atomic E-state index is 8.09. The van der Waals surface area contributed by atoms with Gasteiger partial charge in [-0.3, -0.25) is 0 Å². The minimum atomic E-state index is 0.639. The first-order valence-electron chi connectivity index (χ1n) is 4.74. The molecule has 13 heavy (non-hydrogen) atoms. The van der Waals surface area contributed by atoms with Gasteiger partial charge in [0.05, 0.1) is 0 Å². The lowest BCUT2D eigenvalue weighted by molar-refractivity contribution is 0.293. The van der Waals surface area contributed by atoms with Crippen LogP contribution in [0.2, 0.25) is 0 Å². The Kier molecular flexibility index (Phi) is 5.81. The van der Waals surface area contributed by atoms with E-state index < -0.39 is 0 Å². The van der Waals surface area contributed by atoms with Crippen LogP contribution in [0.3, 0.4) is 0 Å². The average Bonchev–Trinajstić information content (AvgIpc) is 2.41. The van der Waals surface area contributed by atoms with Gasteiger partial charge >= 0.3 is 0 Å². The van der Waals surface area contributed by atoms with Crippen molar-refractivity contribution in [1.82, 2.24) is 4.90 Å². The van der Waals surface area contributed by atoms with Crippen molar-refractivity contribution in [2.45, 2.75) is 12.8 Å². The van der Waals surface area contributed by atoms with Crippen LogP contribution in [0.5, 0.6) is 0 Å². The Balaban J connectivity index is 2.08. The minimum absolute atomic E-state index is 0.639. The summed E-state index contributed by atoms with van der Waals surface area (Å²) in [5.74, 6) is 2.55. The van der Waals surface area contributed by atoms with Crippen molar-refractivity contribution >= 4 is 11.8 Å². The van der Waals surface area contributed by atoms with Gasteiger partial charge in [-0.25, -0.2) is 0 Å². The predicted molar refractivity (Wildman–Crippen MR) is 57.0 cm³/mol. The maximum Gasteiger partial charge on any atom is 0.0270 e. The SMILES string of the molecule is [N-]=[N+]=NCCCN1CCCSCC1. The Labute approximate surface area is 83.3 Å². The number of hydrogen-bond donors (Lipinski definition) is 0. The fourth-order valence-electron chi connectivity index (χ4n) is 1.43. The highest BCUT2D eigenvalue weighted by atomic mass is 32.2. The molecule has 0 atom stereocenters. The molecule has 0 amide bonds. The van der Waals surface area contributed by atoms with Crippen molar-refractivity contribution in [1.29, 1.82) is 0 Å². The number of azide groups is 1. The first-order valence-corrected chi connectivity index (χ1v) is 5.90. The largest absolute Gasteiger partial charge is 0.302 e. The Morgan fingerprint density at radius 3 is 3.15 bits per heavy atom. The van der Waals surface area contributed by atoms with E-state index in [0.29, 0.717) is 6.54 Å². The van der Waals surface area contributed by atoms with Gasteiger partial charge in [0.1, 0.15) is 0 Å². The molecule has 1 rings (SSSR count). The van der Waals surface area contributed by atoms with Crippen LogP contribution in [0.25, 0.3) is 10.4 Å². The third-order valence-corrected chi connectivity index (χ3v) is 3.16. The second-order valence-electron chi connectivity index (χ2n) is 3.12. The Morgan fingerprint density at radius 2 is 2.31 bits per heavy atom. The van der Waals surface area contributed by atoms with Crippen LogP contribution in [0.1, 0.15) is 12.8 Å². The van der Waals surface area contributed by atoms with Crippen molar-refractivity contribution in [3.05, 3.63) is 10.4 Å². The molecule has 0 saturated carbocycles. The van der Waals surface area contributed by atoms with Crippen molar-refractivity contribution in [2.24, 2.45) is 5.11 Å². The second kappa shape index (κ2) is 7.06. The third-order valence-electron chi connectivity index (χ3n) is 2.11. The molecule has 0 radical (unpaired) electrons. The number of nitrogens with zero attached hydrogens (tertiary/aromatic N) is 4. The van der Waals surface area contributed by atoms with E-state index in [1.807, 2.05) is 11.8 Å². The molecule has 1 aliphatic heterocycles. The lowest BCUT2D eigenvalue weighted by Crippen LogP contribution is -2.27. The van der Waals surface area contributed by atoms with E-state index in [-0.39, 0.29) is 0 Å². The highest BCUT2D eigenvalue weighted by Gasteiger charge is 2.07. The summed E-state index contributed by atoms with van der Waals surface area (Å²) >= 11 is 2.04. The van der Waals surface area contributed by atoms with Crippen LogP contribution in [0.15, 0.2) is 5.11 Å². The monoisotopic (exact) mass is 200 g/mol. The molecule has 0 aromatic rings. The first kappa shape index (κ1) is 10.7. The molecule has 0 N–H and O–H groups in total. The van der Waals surface area contributed by atoms with Gasteiger partial charge in [-0.2, -0.15) is 11.8 Å².